The van der Waals surface area contributed by atoms with E-state index in [1.54, 1.807) is 0 Å². The molecule has 0 aromatic carbocycles. The highest BCUT2D eigenvalue weighted by Crippen LogP contribution is 2.20. The van der Waals surface area contributed by atoms with E-state index in [0.717, 1.165) is 31.4 Å². The van der Waals surface area contributed by atoms with Crippen LogP contribution in [0.4, 0.5) is 5.82 Å². The highest BCUT2D eigenvalue weighted by molar-refractivity contribution is 5.40. The average molecular weight is 247 g/mol. The third kappa shape index (κ3) is 4.30. The number of hydrogen-bond donors (Lipinski definition) is 2. The topological polar surface area (TPSA) is 37.0 Å². The number of anilines is 1. The predicted molar refractivity (Wildman–Crippen MR) is 76.8 cm³/mol. The summed E-state index contributed by atoms with van der Waals surface area (Å²) in [5, 5.41) is 6.98. The van der Waals surface area contributed by atoms with Crippen LogP contribution in [-0.4, -0.2) is 17.6 Å². The largest absolute Gasteiger partial charge is 0.370 e. The SMILES string of the molecule is CCc1cc(CNC2CC2)cc(NCC(C)C)n1. The van der Waals surface area contributed by atoms with Crippen molar-refractivity contribution in [3.63, 3.8) is 0 Å². The van der Waals surface area contributed by atoms with Crippen molar-refractivity contribution < 1.29 is 0 Å². The minimum absolute atomic E-state index is 0.644. The maximum absolute atomic E-state index is 4.63. The molecule has 0 spiro atoms. The van der Waals surface area contributed by atoms with Crippen molar-refractivity contribution in [2.45, 2.75) is 52.6 Å². The van der Waals surface area contributed by atoms with Crippen molar-refractivity contribution in [2.75, 3.05) is 11.9 Å². The molecule has 100 valence electrons. The van der Waals surface area contributed by atoms with Gasteiger partial charge in [-0.3, -0.25) is 0 Å². The molecule has 0 radical (unpaired) electrons. The van der Waals surface area contributed by atoms with Gasteiger partial charge in [0.15, 0.2) is 0 Å². The van der Waals surface area contributed by atoms with Gasteiger partial charge in [-0.2, -0.15) is 0 Å². The second-order valence-corrected chi connectivity index (χ2v) is 5.64. The molecule has 2 N–H and O–H groups in total. The summed E-state index contributed by atoms with van der Waals surface area (Å²) in [6.45, 7) is 8.54. The molecule has 3 heteroatoms. The van der Waals surface area contributed by atoms with Crippen LogP contribution >= 0.6 is 0 Å². The van der Waals surface area contributed by atoms with Crippen molar-refractivity contribution in [3.8, 4) is 0 Å². The third-order valence-electron chi connectivity index (χ3n) is 3.16. The smallest absolute Gasteiger partial charge is 0.126 e. The summed E-state index contributed by atoms with van der Waals surface area (Å²) in [4.78, 5) is 4.63. The molecule has 1 fully saturated rings. The minimum atomic E-state index is 0.644. The Morgan fingerprint density at radius 2 is 2.11 bits per heavy atom. The zero-order chi connectivity index (χ0) is 13.0. The molecule has 0 aliphatic heterocycles. The van der Waals surface area contributed by atoms with Crippen LogP contribution in [0.5, 0.6) is 0 Å². The van der Waals surface area contributed by atoms with Crippen LogP contribution in [0.3, 0.4) is 0 Å². The first kappa shape index (κ1) is 13.3. The molecule has 1 aromatic rings. The molecule has 18 heavy (non-hydrogen) atoms. The minimum Gasteiger partial charge on any atom is -0.370 e. The van der Waals surface area contributed by atoms with Crippen LogP contribution in [0.25, 0.3) is 0 Å². The first-order chi connectivity index (χ1) is 8.67. The van der Waals surface area contributed by atoms with Crippen LogP contribution in [0.1, 0.15) is 44.9 Å². The van der Waals surface area contributed by atoms with E-state index < -0.39 is 0 Å². The molecule has 0 atom stereocenters. The van der Waals surface area contributed by atoms with E-state index in [0.29, 0.717) is 5.92 Å². The molecular formula is C15H25N3. The van der Waals surface area contributed by atoms with Gasteiger partial charge >= 0.3 is 0 Å². The number of nitrogens with zero attached hydrogens (tertiary/aromatic N) is 1. The Hall–Kier alpha value is -1.09. The maximum atomic E-state index is 4.63. The second kappa shape index (κ2) is 6.19. The molecule has 2 rings (SSSR count). The van der Waals surface area contributed by atoms with Crippen LogP contribution in [0, 0.1) is 5.92 Å². The number of aryl methyl sites for hydroxylation is 1. The Morgan fingerprint density at radius 1 is 1.33 bits per heavy atom. The Kier molecular flexibility index (Phi) is 4.59. The quantitative estimate of drug-likeness (QED) is 0.778. The lowest BCUT2D eigenvalue weighted by Gasteiger charge is -2.12. The van der Waals surface area contributed by atoms with Gasteiger partial charge in [0.1, 0.15) is 5.82 Å². The fraction of sp³-hybridized carbons (Fsp3) is 0.667. The van der Waals surface area contributed by atoms with E-state index in [1.165, 1.54) is 24.1 Å². The fourth-order valence-corrected chi connectivity index (χ4v) is 1.88. The van der Waals surface area contributed by atoms with Gasteiger partial charge in [-0.25, -0.2) is 4.98 Å². The number of hydrogen-bond acceptors (Lipinski definition) is 3. The molecular weight excluding hydrogens is 222 g/mol. The molecule has 0 bridgehead atoms. The number of aromatic nitrogens is 1. The number of pyridine rings is 1. The van der Waals surface area contributed by atoms with Crippen LogP contribution in [-0.2, 0) is 13.0 Å². The summed E-state index contributed by atoms with van der Waals surface area (Å²) < 4.78 is 0. The van der Waals surface area contributed by atoms with Crippen molar-refractivity contribution in [1.29, 1.82) is 0 Å². The molecule has 0 unspecified atom stereocenters. The van der Waals surface area contributed by atoms with Gasteiger partial charge < -0.3 is 10.6 Å². The Balaban J connectivity index is 2.00. The molecule has 1 aliphatic rings. The Bertz CT molecular complexity index is 359. The molecule has 1 saturated carbocycles. The van der Waals surface area contributed by atoms with Crippen LogP contribution < -0.4 is 10.6 Å². The third-order valence-corrected chi connectivity index (χ3v) is 3.16. The zero-order valence-corrected chi connectivity index (χ0v) is 11.8. The highest BCUT2D eigenvalue weighted by Gasteiger charge is 2.20. The fourth-order valence-electron chi connectivity index (χ4n) is 1.88. The summed E-state index contributed by atoms with van der Waals surface area (Å²) in [7, 11) is 0. The highest BCUT2D eigenvalue weighted by atomic mass is 15.0. The van der Waals surface area contributed by atoms with Crippen molar-refractivity contribution in [1.82, 2.24) is 10.3 Å². The Labute approximate surface area is 110 Å². The molecule has 3 nitrogen and oxygen atoms in total. The van der Waals surface area contributed by atoms with E-state index in [9.17, 15) is 0 Å². The number of nitrogens with one attached hydrogen (secondary N) is 2. The van der Waals surface area contributed by atoms with E-state index in [1.807, 2.05) is 0 Å². The lowest BCUT2D eigenvalue weighted by atomic mass is 10.2. The van der Waals surface area contributed by atoms with Crippen LogP contribution in [0.15, 0.2) is 12.1 Å². The molecule has 0 saturated heterocycles. The monoisotopic (exact) mass is 247 g/mol. The molecule has 1 aromatic heterocycles. The van der Waals surface area contributed by atoms with E-state index in [2.05, 4.69) is 48.5 Å². The van der Waals surface area contributed by atoms with E-state index >= 15 is 0 Å². The summed E-state index contributed by atoms with van der Waals surface area (Å²) in [6, 6.07) is 5.16. The van der Waals surface area contributed by atoms with Gasteiger partial charge in [0.25, 0.3) is 0 Å². The van der Waals surface area contributed by atoms with Crippen molar-refractivity contribution in [2.24, 2.45) is 5.92 Å². The summed E-state index contributed by atoms with van der Waals surface area (Å²) in [6.07, 6.45) is 3.67. The van der Waals surface area contributed by atoms with Gasteiger partial charge in [-0.05, 0) is 42.9 Å². The molecule has 0 amide bonds. The normalized spacial score (nSPS) is 15.1. The van der Waals surface area contributed by atoms with Gasteiger partial charge in [0, 0.05) is 24.8 Å². The first-order valence-electron chi connectivity index (χ1n) is 7.14. The second-order valence-electron chi connectivity index (χ2n) is 5.64. The average Bonchev–Trinajstić information content (AvgIpc) is 3.17. The van der Waals surface area contributed by atoms with Gasteiger partial charge in [0.05, 0.1) is 0 Å². The standard InChI is InChI=1S/C15H25N3/c1-4-13-7-12(10-16-14-5-6-14)8-15(18-13)17-9-11(2)3/h7-8,11,14,16H,4-6,9-10H2,1-3H3,(H,17,18). The van der Waals surface area contributed by atoms with Gasteiger partial charge in [0.2, 0.25) is 0 Å². The maximum Gasteiger partial charge on any atom is 0.126 e. The van der Waals surface area contributed by atoms with Crippen LogP contribution in [0.2, 0.25) is 0 Å². The lowest BCUT2D eigenvalue weighted by Crippen LogP contribution is -2.16. The van der Waals surface area contributed by atoms with Crippen molar-refractivity contribution in [3.05, 3.63) is 23.4 Å². The van der Waals surface area contributed by atoms with Gasteiger partial charge in [-0.1, -0.05) is 20.8 Å². The molecule has 1 heterocycles. The summed E-state index contributed by atoms with van der Waals surface area (Å²) in [5.41, 5.74) is 2.52. The van der Waals surface area contributed by atoms with Crippen molar-refractivity contribution >= 4 is 5.82 Å². The van der Waals surface area contributed by atoms with E-state index in [4.69, 9.17) is 0 Å². The van der Waals surface area contributed by atoms with Gasteiger partial charge in [-0.15, -0.1) is 0 Å². The Morgan fingerprint density at radius 3 is 2.72 bits per heavy atom. The van der Waals surface area contributed by atoms with E-state index in [-0.39, 0.29) is 0 Å². The predicted octanol–water partition coefficient (Wildman–Crippen LogP) is 2.96. The number of rotatable bonds is 7. The lowest BCUT2D eigenvalue weighted by molar-refractivity contribution is 0.680. The molecule has 1 aliphatic carbocycles. The zero-order valence-electron chi connectivity index (χ0n) is 11.8. The summed E-state index contributed by atoms with van der Waals surface area (Å²) >= 11 is 0. The summed E-state index contributed by atoms with van der Waals surface area (Å²) in [5.74, 6) is 1.67. The first-order valence-corrected chi connectivity index (χ1v) is 7.14.